The molecule has 3 heteroatoms. The van der Waals surface area contributed by atoms with E-state index in [2.05, 4.69) is 0 Å². The lowest BCUT2D eigenvalue weighted by Crippen LogP contribution is -2.24. The summed E-state index contributed by atoms with van der Waals surface area (Å²) in [5, 5.41) is 20.2. The fraction of sp³-hybridized carbons (Fsp3) is 0.294. The van der Waals surface area contributed by atoms with Crippen molar-refractivity contribution in [3.05, 3.63) is 59.7 Å². The molecule has 0 amide bonds. The number of benzene rings is 2. The summed E-state index contributed by atoms with van der Waals surface area (Å²) in [7, 11) is 0. The highest BCUT2D eigenvalue weighted by molar-refractivity contribution is 5.45. The van der Waals surface area contributed by atoms with Crippen LogP contribution in [0.2, 0.25) is 0 Å². The zero-order valence-corrected chi connectivity index (χ0v) is 12.0. The highest BCUT2D eigenvalue weighted by atomic mass is 16.5. The van der Waals surface area contributed by atoms with Gasteiger partial charge in [0.2, 0.25) is 0 Å². The maximum absolute atomic E-state index is 10.9. The molecule has 0 spiro atoms. The predicted octanol–water partition coefficient (Wildman–Crippen LogP) is 3.44. The van der Waals surface area contributed by atoms with Gasteiger partial charge in [-0.15, -0.1) is 0 Å². The van der Waals surface area contributed by atoms with Crippen LogP contribution in [0, 0.1) is 0 Å². The number of aromatic hydroxyl groups is 1. The fourth-order valence-electron chi connectivity index (χ4n) is 2.17. The summed E-state index contributed by atoms with van der Waals surface area (Å²) in [5.74, 6) is 0.844. The van der Waals surface area contributed by atoms with Crippen molar-refractivity contribution in [2.24, 2.45) is 0 Å². The SMILES string of the molecule is CC(C)Oc1ccccc1C(C)(O)c1ccc(O)cc1. The second-order valence-corrected chi connectivity index (χ2v) is 5.28. The molecule has 1 unspecified atom stereocenters. The van der Waals surface area contributed by atoms with Crippen LogP contribution in [0.1, 0.15) is 31.9 Å². The maximum atomic E-state index is 10.9. The first-order valence-electron chi connectivity index (χ1n) is 6.69. The van der Waals surface area contributed by atoms with Gasteiger partial charge >= 0.3 is 0 Å². The van der Waals surface area contributed by atoms with Gasteiger partial charge < -0.3 is 14.9 Å². The van der Waals surface area contributed by atoms with Gasteiger partial charge in [0.15, 0.2) is 0 Å². The molecule has 2 aromatic carbocycles. The third kappa shape index (κ3) is 2.94. The van der Waals surface area contributed by atoms with Gasteiger partial charge in [-0.1, -0.05) is 30.3 Å². The molecular formula is C17H20O3. The number of phenolic OH excluding ortho intramolecular Hbond substituents is 1. The van der Waals surface area contributed by atoms with Crippen molar-refractivity contribution in [3.8, 4) is 11.5 Å². The number of hydrogen-bond donors (Lipinski definition) is 2. The predicted molar refractivity (Wildman–Crippen MR) is 79.0 cm³/mol. The molecule has 0 radical (unpaired) electrons. The summed E-state index contributed by atoms with van der Waals surface area (Å²) < 4.78 is 5.77. The lowest BCUT2D eigenvalue weighted by atomic mass is 9.87. The largest absolute Gasteiger partial charge is 0.508 e. The smallest absolute Gasteiger partial charge is 0.126 e. The van der Waals surface area contributed by atoms with Crippen LogP contribution in [-0.2, 0) is 5.60 Å². The minimum absolute atomic E-state index is 0.0340. The molecule has 0 aliphatic rings. The van der Waals surface area contributed by atoms with Crippen LogP contribution in [0.3, 0.4) is 0 Å². The van der Waals surface area contributed by atoms with Crippen LogP contribution >= 0.6 is 0 Å². The Labute approximate surface area is 119 Å². The molecule has 106 valence electrons. The van der Waals surface area contributed by atoms with E-state index in [0.717, 1.165) is 0 Å². The normalized spacial score (nSPS) is 14.1. The highest BCUT2D eigenvalue weighted by Gasteiger charge is 2.29. The topological polar surface area (TPSA) is 49.7 Å². The Hall–Kier alpha value is -2.00. The standard InChI is InChI=1S/C17H20O3/c1-12(2)20-16-7-5-4-6-15(16)17(3,19)13-8-10-14(18)11-9-13/h4-12,18-19H,1-3H3. The molecule has 2 rings (SSSR count). The number of rotatable bonds is 4. The van der Waals surface area contributed by atoms with Gasteiger partial charge in [-0.25, -0.2) is 0 Å². The highest BCUT2D eigenvalue weighted by Crippen LogP contribution is 2.36. The third-order valence-corrected chi connectivity index (χ3v) is 3.20. The van der Waals surface area contributed by atoms with E-state index in [1.165, 1.54) is 0 Å². The van der Waals surface area contributed by atoms with E-state index in [4.69, 9.17) is 4.74 Å². The first-order valence-corrected chi connectivity index (χ1v) is 6.69. The third-order valence-electron chi connectivity index (χ3n) is 3.20. The van der Waals surface area contributed by atoms with E-state index in [0.29, 0.717) is 16.9 Å². The lowest BCUT2D eigenvalue weighted by Gasteiger charge is -2.27. The Morgan fingerprint density at radius 2 is 1.60 bits per heavy atom. The van der Waals surface area contributed by atoms with Crippen molar-refractivity contribution in [2.75, 3.05) is 0 Å². The van der Waals surface area contributed by atoms with E-state index in [1.807, 2.05) is 38.1 Å². The zero-order valence-electron chi connectivity index (χ0n) is 12.0. The molecule has 0 saturated heterocycles. The summed E-state index contributed by atoms with van der Waals surface area (Å²) in [6.45, 7) is 5.62. The van der Waals surface area contributed by atoms with Gasteiger partial charge in [-0.05, 0) is 44.5 Å². The summed E-state index contributed by atoms with van der Waals surface area (Å²) in [5.41, 5.74) is 0.230. The van der Waals surface area contributed by atoms with Gasteiger partial charge in [-0.3, -0.25) is 0 Å². The van der Waals surface area contributed by atoms with Crippen LogP contribution in [0.4, 0.5) is 0 Å². The van der Waals surface area contributed by atoms with E-state index >= 15 is 0 Å². The summed E-state index contributed by atoms with van der Waals surface area (Å²) >= 11 is 0. The average molecular weight is 272 g/mol. The van der Waals surface area contributed by atoms with E-state index in [9.17, 15) is 10.2 Å². The van der Waals surface area contributed by atoms with Crippen LogP contribution in [0.25, 0.3) is 0 Å². The number of phenols is 1. The van der Waals surface area contributed by atoms with Crippen molar-refractivity contribution in [1.82, 2.24) is 0 Å². The molecule has 1 atom stereocenters. The number of ether oxygens (including phenoxy) is 1. The van der Waals surface area contributed by atoms with Gasteiger partial charge in [0.05, 0.1) is 6.10 Å². The molecule has 2 N–H and O–H groups in total. The van der Waals surface area contributed by atoms with E-state index < -0.39 is 5.60 Å². The van der Waals surface area contributed by atoms with Gasteiger partial charge in [-0.2, -0.15) is 0 Å². The Morgan fingerprint density at radius 1 is 1.00 bits per heavy atom. The number of para-hydroxylation sites is 1. The maximum Gasteiger partial charge on any atom is 0.126 e. The Kier molecular flexibility index (Phi) is 4.00. The Bertz CT molecular complexity index is 571. The molecule has 0 aliphatic carbocycles. The van der Waals surface area contributed by atoms with Crippen molar-refractivity contribution in [2.45, 2.75) is 32.5 Å². The van der Waals surface area contributed by atoms with E-state index in [1.54, 1.807) is 31.2 Å². The van der Waals surface area contributed by atoms with Gasteiger partial charge in [0.25, 0.3) is 0 Å². The number of hydrogen-bond acceptors (Lipinski definition) is 3. The zero-order chi connectivity index (χ0) is 14.8. The molecule has 3 nitrogen and oxygen atoms in total. The van der Waals surface area contributed by atoms with Crippen molar-refractivity contribution < 1.29 is 14.9 Å². The molecule has 20 heavy (non-hydrogen) atoms. The first-order chi connectivity index (χ1) is 9.41. The number of aliphatic hydroxyl groups is 1. The van der Waals surface area contributed by atoms with Crippen molar-refractivity contribution in [1.29, 1.82) is 0 Å². The van der Waals surface area contributed by atoms with Gasteiger partial charge in [0.1, 0.15) is 17.1 Å². The second-order valence-electron chi connectivity index (χ2n) is 5.28. The summed E-state index contributed by atoms with van der Waals surface area (Å²) in [6, 6.07) is 14.0. The first kappa shape index (κ1) is 14.4. The summed E-state index contributed by atoms with van der Waals surface area (Å²) in [4.78, 5) is 0. The van der Waals surface area contributed by atoms with Crippen LogP contribution < -0.4 is 4.74 Å². The molecule has 0 aromatic heterocycles. The van der Waals surface area contributed by atoms with E-state index in [-0.39, 0.29) is 11.9 Å². The molecule has 0 fully saturated rings. The van der Waals surface area contributed by atoms with Crippen LogP contribution in [0.15, 0.2) is 48.5 Å². The van der Waals surface area contributed by atoms with Gasteiger partial charge in [0, 0.05) is 5.56 Å². The van der Waals surface area contributed by atoms with Crippen molar-refractivity contribution in [3.63, 3.8) is 0 Å². The minimum atomic E-state index is -1.18. The second kappa shape index (κ2) is 5.55. The average Bonchev–Trinajstić information content (AvgIpc) is 2.39. The Morgan fingerprint density at radius 3 is 2.20 bits per heavy atom. The Balaban J connectivity index is 2.45. The fourth-order valence-corrected chi connectivity index (χ4v) is 2.17. The monoisotopic (exact) mass is 272 g/mol. The molecule has 0 saturated carbocycles. The van der Waals surface area contributed by atoms with Crippen LogP contribution in [-0.4, -0.2) is 16.3 Å². The molecule has 0 bridgehead atoms. The molecular weight excluding hydrogens is 252 g/mol. The molecule has 2 aromatic rings. The quantitative estimate of drug-likeness (QED) is 0.896. The minimum Gasteiger partial charge on any atom is -0.508 e. The van der Waals surface area contributed by atoms with Crippen molar-refractivity contribution >= 4 is 0 Å². The lowest BCUT2D eigenvalue weighted by molar-refractivity contribution is 0.0958. The molecule has 0 heterocycles. The van der Waals surface area contributed by atoms with Crippen LogP contribution in [0.5, 0.6) is 11.5 Å². The molecule has 0 aliphatic heterocycles. The summed E-state index contributed by atoms with van der Waals surface area (Å²) in [6.07, 6.45) is 0.0340.